The van der Waals surface area contributed by atoms with Crippen molar-refractivity contribution in [3.05, 3.63) is 69.6 Å². The first-order valence-electron chi connectivity index (χ1n) is 10.5. The van der Waals surface area contributed by atoms with Crippen LogP contribution in [0.5, 0.6) is 0 Å². The SMILES string of the molecule is CC(C)(C)OC(=O)N(c1cscn1)S(=O)(=O)c1cc(Cl)c(NCc2c(F)ccc3cc[nH]c23)cc1F. The highest BCUT2D eigenvalue weighted by Gasteiger charge is 2.38. The van der Waals surface area contributed by atoms with Crippen LogP contribution >= 0.6 is 22.9 Å². The van der Waals surface area contributed by atoms with E-state index < -0.39 is 38.2 Å². The quantitative estimate of drug-likeness (QED) is 0.290. The number of anilines is 2. The highest BCUT2D eigenvalue weighted by Crippen LogP contribution is 2.33. The van der Waals surface area contributed by atoms with Gasteiger partial charge in [0.15, 0.2) is 5.82 Å². The van der Waals surface area contributed by atoms with Crippen molar-refractivity contribution in [1.29, 1.82) is 0 Å². The number of aromatic nitrogens is 2. The number of hydrogen-bond donors (Lipinski definition) is 2. The Balaban J connectivity index is 1.67. The van der Waals surface area contributed by atoms with Crippen LogP contribution in [0.1, 0.15) is 26.3 Å². The number of H-pyrrole nitrogens is 1. The lowest BCUT2D eigenvalue weighted by atomic mass is 10.1. The van der Waals surface area contributed by atoms with Gasteiger partial charge in [-0.05, 0) is 56.5 Å². The van der Waals surface area contributed by atoms with E-state index in [-0.39, 0.29) is 27.4 Å². The topological polar surface area (TPSA) is 104 Å². The molecule has 0 aliphatic carbocycles. The Labute approximate surface area is 214 Å². The number of aromatic amines is 1. The fourth-order valence-corrected chi connectivity index (χ4v) is 5.63. The molecule has 0 spiro atoms. The molecule has 4 rings (SSSR count). The summed E-state index contributed by atoms with van der Waals surface area (Å²) in [6.45, 7) is 4.62. The average Bonchev–Trinajstić information content (AvgIpc) is 3.45. The molecule has 0 atom stereocenters. The van der Waals surface area contributed by atoms with Crippen LogP contribution in [-0.2, 0) is 21.3 Å². The number of amides is 1. The van der Waals surface area contributed by atoms with Crippen LogP contribution in [0.3, 0.4) is 0 Å². The van der Waals surface area contributed by atoms with Crippen LogP contribution in [0.4, 0.5) is 25.1 Å². The van der Waals surface area contributed by atoms with Crippen LogP contribution in [0.2, 0.25) is 5.02 Å². The molecule has 0 saturated heterocycles. The molecule has 2 N–H and O–H groups in total. The van der Waals surface area contributed by atoms with E-state index in [9.17, 15) is 17.6 Å². The molecule has 0 unspecified atom stereocenters. The molecule has 2 aromatic carbocycles. The van der Waals surface area contributed by atoms with Gasteiger partial charge in [0.05, 0.1) is 21.7 Å². The maximum absolute atomic E-state index is 15.2. The third kappa shape index (κ3) is 5.15. The van der Waals surface area contributed by atoms with Crippen molar-refractivity contribution in [2.45, 2.75) is 37.8 Å². The molecule has 13 heteroatoms. The van der Waals surface area contributed by atoms with Gasteiger partial charge in [-0.15, -0.1) is 15.6 Å². The standard InChI is InChI=1S/C23H21ClF2N4O4S2/c1-23(2,3)34-22(31)30(20-11-35-12-29-20)36(32,33)19-8-15(24)18(9-17(19)26)28-10-14-16(25)5-4-13-6-7-27-21(13)14/h4-9,11-12,27-28H,10H2,1-3H3. The summed E-state index contributed by atoms with van der Waals surface area (Å²) in [5.74, 6) is -1.91. The Morgan fingerprint density at radius 2 is 1.97 bits per heavy atom. The summed E-state index contributed by atoms with van der Waals surface area (Å²) in [6, 6.07) is 6.47. The molecule has 0 fully saturated rings. The lowest BCUT2D eigenvalue weighted by Gasteiger charge is -2.26. The molecule has 0 aliphatic heterocycles. The summed E-state index contributed by atoms with van der Waals surface area (Å²) in [5, 5.41) is 4.78. The van der Waals surface area contributed by atoms with Crippen LogP contribution < -0.4 is 9.62 Å². The summed E-state index contributed by atoms with van der Waals surface area (Å²) < 4.78 is 61.9. The number of ether oxygens (including phenoxy) is 1. The first kappa shape index (κ1) is 25.9. The van der Waals surface area contributed by atoms with Crippen molar-refractivity contribution in [3.8, 4) is 0 Å². The van der Waals surface area contributed by atoms with Gasteiger partial charge in [0.25, 0.3) is 10.0 Å². The average molecular weight is 555 g/mol. The van der Waals surface area contributed by atoms with Crippen LogP contribution in [0, 0.1) is 11.6 Å². The molecule has 0 saturated carbocycles. The number of carbonyl (C=O) groups is 1. The van der Waals surface area contributed by atoms with Crippen molar-refractivity contribution in [3.63, 3.8) is 0 Å². The first-order valence-corrected chi connectivity index (χ1v) is 13.3. The number of nitrogens with zero attached hydrogens (tertiary/aromatic N) is 2. The highest BCUT2D eigenvalue weighted by atomic mass is 35.5. The fraction of sp³-hybridized carbons (Fsp3) is 0.217. The van der Waals surface area contributed by atoms with Gasteiger partial charge in [-0.3, -0.25) is 0 Å². The minimum atomic E-state index is -4.81. The van der Waals surface area contributed by atoms with E-state index in [1.54, 1.807) is 39.1 Å². The zero-order chi connectivity index (χ0) is 26.3. The molecule has 0 bridgehead atoms. The number of hydrogen-bond acceptors (Lipinski definition) is 7. The van der Waals surface area contributed by atoms with Gasteiger partial charge in [0.2, 0.25) is 0 Å². The molecule has 36 heavy (non-hydrogen) atoms. The first-order chi connectivity index (χ1) is 16.9. The Kier molecular flexibility index (Phi) is 6.95. The van der Waals surface area contributed by atoms with Gasteiger partial charge in [0, 0.05) is 23.7 Å². The van der Waals surface area contributed by atoms with Crippen LogP contribution in [0.25, 0.3) is 10.9 Å². The minimum absolute atomic E-state index is 0.0357. The zero-order valence-corrected chi connectivity index (χ0v) is 21.7. The summed E-state index contributed by atoms with van der Waals surface area (Å²) >= 11 is 7.33. The molecular weight excluding hydrogens is 534 g/mol. The molecule has 0 aliphatic rings. The highest BCUT2D eigenvalue weighted by molar-refractivity contribution is 7.93. The van der Waals surface area contributed by atoms with Gasteiger partial charge in [0.1, 0.15) is 22.1 Å². The number of carbonyl (C=O) groups excluding carboxylic acids is 1. The van der Waals surface area contributed by atoms with E-state index >= 15 is 4.39 Å². The number of nitrogens with one attached hydrogen (secondary N) is 2. The van der Waals surface area contributed by atoms with Gasteiger partial charge in [-0.2, -0.15) is 0 Å². The monoisotopic (exact) mass is 554 g/mol. The summed E-state index contributed by atoms with van der Waals surface area (Å²) in [6.07, 6.45) is 0.416. The van der Waals surface area contributed by atoms with Gasteiger partial charge in [-0.1, -0.05) is 11.6 Å². The van der Waals surface area contributed by atoms with Crippen LogP contribution in [-0.4, -0.2) is 30.1 Å². The second-order valence-electron chi connectivity index (χ2n) is 8.68. The van der Waals surface area contributed by atoms with E-state index in [4.69, 9.17) is 16.3 Å². The van der Waals surface area contributed by atoms with Gasteiger partial charge < -0.3 is 15.0 Å². The largest absolute Gasteiger partial charge is 0.443 e. The Bertz CT molecular complexity index is 1530. The lowest BCUT2D eigenvalue weighted by molar-refractivity contribution is 0.0608. The second kappa shape index (κ2) is 9.68. The smallest absolute Gasteiger partial charge is 0.430 e. The second-order valence-corrected chi connectivity index (χ2v) is 11.6. The molecular formula is C23H21ClF2N4O4S2. The van der Waals surface area contributed by atoms with Gasteiger partial charge in [-0.25, -0.2) is 27.0 Å². The Hall–Kier alpha value is -3.22. The molecule has 2 heterocycles. The summed E-state index contributed by atoms with van der Waals surface area (Å²) in [5.41, 5.74) is 1.19. The van der Waals surface area contributed by atoms with Gasteiger partial charge >= 0.3 is 6.09 Å². The molecule has 1 amide bonds. The molecule has 190 valence electrons. The predicted molar refractivity (Wildman–Crippen MR) is 135 cm³/mol. The zero-order valence-electron chi connectivity index (χ0n) is 19.3. The van der Waals surface area contributed by atoms with Crippen molar-refractivity contribution in [2.75, 3.05) is 9.62 Å². The third-order valence-corrected chi connectivity index (χ3v) is 7.53. The number of rotatable bonds is 6. The van der Waals surface area contributed by atoms with E-state index in [0.29, 0.717) is 11.1 Å². The van der Waals surface area contributed by atoms with Crippen LogP contribution in [0.15, 0.2) is 52.3 Å². The van der Waals surface area contributed by atoms with E-state index in [1.807, 2.05) is 0 Å². The number of sulfonamides is 1. The number of benzene rings is 2. The summed E-state index contributed by atoms with van der Waals surface area (Å²) in [7, 11) is -4.81. The number of fused-ring (bicyclic) bond motifs is 1. The predicted octanol–water partition coefficient (Wildman–Crippen LogP) is 6.30. The minimum Gasteiger partial charge on any atom is -0.443 e. The van der Waals surface area contributed by atoms with E-state index in [2.05, 4.69) is 15.3 Å². The van der Waals surface area contributed by atoms with Crippen molar-refractivity contribution in [1.82, 2.24) is 9.97 Å². The van der Waals surface area contributed by atoms with Crippen molar-refractivity contribution < 1.29 is 26.7 Å². The van der Waals surface area contributed by atoms with Crippen molar-refractivity contribution in [2.24, 2.45) is 0 Å². The number of thiazole rings is 1. The molecule has 0 radical (unpaired) electrons. The normalized spacial score (nSPS) is 12.1. The van der Waals surface area contributed by atoms with E-state index in [0.717, 1.165) is 28.9 Å². The molecule has 4 aromatic rings. The summed E-state index contributed by atoms with van der Waals surface area (Å²) in [4.78, 5) is 18.8. The maximum atomic E-state index is 15.2. The third-order valence-electron chi connectivity index (χ3n) is 4.96. The Morgan fingerprint density at radius 3 is 2.64 bits per heavy atom. The number of halogens is 3. The molecule has 2 aromatic heterocycles. The van der Waals surface area contributed by atoms with Crippen molar-refractivity contribution >= 4 is 61.5 Å². The van der Waals surface area contributed by atoms with E-state index in [1.165, 1.54) is 17.0 Å². The lowest BCUT2D eigenvalue weighted by Crippen LogP contribution is -2.41. The molecule has 8 nitrogen and oxygen atoms in total. The Morgan fingerprint density at radius 1 is 1.22 bits per heavy atom. The fourth-order valence-electron chi connectivity index (χ4n) is 3.41. The maximum Gasteiger partial charge on any atom is 0.430 e.